The van der Waals surface area contributed by atoms with E-state index in [0.717, 1.165) is 42.2 Å². The molecule has 0 saturated carbocycles. The van der Waals surface area contributed by atoms with Crippen molar-refractivity contribution >= 4 is 45.2 Å². The number of nitrogens with one attached hydrogen (secondary N) is 3. The minimum atomic E-state index is -3.40. The van der Waals surface area contributed by atoms with E-state index >= 15 is 0 Å². The average molecular weight is 728 g/mol. The van der Waals surface area contributed by atoms with Gasteiger partial charge in [-0.3, -0.25) is 24.1 Å². The van der Waals surface area contributed by atoms with Crippen molar-refractivity contribution < 1.29 is 42.2 Å². The summed E-state index contributed by atoms with van der Waals surface area (Å²) in [6, 6.07) is 6.79. The van der Waals surface area contributed by atoms with Crippen LogP contribution in [0.4, 0.5) is 10.5 Å². The molecule has 5 amide bonds. The first kappa shape index (κ1) is 39.3. The minimum Gasteiger partial charge on any atom is -0.444 e. The van der Waals surface area contributed by atoms with Gasteiger partial charge in [0.1, 0.15) is 23.7 Å². The zero-order chi connectivity index (χ0) is 37.5. The second-order valence-electron chi connectivity index (χ2n) is 14.2. The van der Waals surface area contributed by atoms with Gasteiger partial charge in [-0.2, -0.15) is 0 Å². The summed E-state index contributed by atoms with van der Waals surface area (Å²) >= 11 is 0. The van der Waals surface area contributed by atoms with E-state index in [0.29, 0.717) is 24.1 Å². The highest BCUT2D eigenvalue weighted by Crippen LogP contribution is 2.40. The van der Waals surface area contributed by atoms with Crippen molar-refractivity contribution in [2.75, 3.05) is 17.8 Å². The number of rotatable bonds is 15. The summed E-state index contributed by atoms with van der Waals surface area (Å²) in [6.07, 6.45) is 4.09. The lowest BCUT2D eigenvalue weighted by molar-refractivity contribution is -0.131. The van der Waals surface area contributed by atoms with Crippen LogP contribution in [0.5, 0.6) is 0 Å². The molecule has 2 heterocycles. The Morgan fingerprint density at radius 2 is 1.73 bits per heavy atom. The van der Waals surface area contributed by atoms with Gasteiger partial charge in [-0.05, 0) is 93.7 Å². The van der Waals surface area contributed by atoms with Gasteiger partial charge in [0.05, 0.1) is 10.6 Å². The van der Waals surface area contributed by atoms with Crippen LogP contribution in [0.15, 0.2) is 41.3 Å². The number of benzene rings is 2. The maximum Gasteiger partial charge on any atom is 0.408 e. The molecule has 2 aromatic rings. The molecule has 0 spiro atoms. The summed E-state index contributed by atoms with van der Waals surface area (Å²) in [7, 11) is -3.40. The Morgan fingerprint density at radius 1 is 1.04 bits per heavy atom. The van der Waals surface area contributed by atoms with E-state index in [1.54, 1.807) is 32.9 Å². The number of carbonyl (C=O) groups excluding carboxylic acids is 5. The van der Waals surface area contributed by atoms with Crippen LogP contribution in [-0.4, -0.2) is 79.8 Å². The molecule has 0 radical (unpaired) electrons. The fourth-order valence-electron chi connectivity index (χ4n) is 6.34. The summed E-state index contributed by atoms with van der Waals surface area (Å²) in [6.45, 7) is 5.28. The van der Waals surface area contributed by atoms with E-state index in [9.17, 15) is 37.5 Å². The number of aliphatic hydroxyl groups excluding tert-OH is 1. The first-order valence-electron chi connectivity index (χ1n) is 17.2. The first-order chi connectivity index (χ1) is 24.0. The highest BCUT2D eigenvalue weighted by Gasteiger charge is 2.45. The standard InChI is InChI=1S/C36H49N5O9S/c1-36(2,3)50-35(47)40-28-14-11-24-18-23(8-6-5-7-17-42)19-25-20-29(41(31(24)25)34(28)46)33(45)39-27(15-16-30(37)43)32(44)38-21-22-9-12-26(13-10-22)51(4,48)49/h9-10,12-13,18-19,27-29,42H,5-8,11,14-17,20-21H2,1-4H3,(H2,37,43)(H,38,44)(H,39,45)(H,40,47)/t27-,28-,29-/m0/s1. The maximum absolute atomic E-state index is 14.2. The summed E-state index contributed by atoms with van der Waals surface area (Å²) in [5.41, 5.74) is 8.52. The van der Waals surface area contributed by atoms with Crippen LogP contribution in [-0.2, 0) is 59.6 Å². The number of nitrogens with two attached hydrogens (primary N) is 1. The SMILES string of the molecule is CC(C)(C)OC(=O)N[C@H]1CCc2cc(CCCCCO)cc3c2N(C1=O)[C@H](C(=O)N[C@@H](CCC(N)=O)C(=O)NCc1ccc(S(C)(=O)=O)cc1)C3. The Labute approximate surface area is 298 Å². The van der Waals surface area contributed by atoms with Crippen LogP contribution in [0.1, 0.15) is 81.5 Å². The molecule has 0 unspecified atom stereocenters. The number of unbranched alkanes of at least 4 members (excludes halogenated alkanes) is 2. The van der Waals surface area contributed by atoms with Crippen molar-refractivity contribution in [1.82, 2.24) is 16.0 Å². The molecular formula is C36H49N5O9S. The largest absolute Gasteiger partial charge is 0.444 e. The van der Waals surface area contributed by atoms with Crippen molar-refractivity contribution in [2.24, 2.45) is 5.73 Å². The zero-order valence-electron chi connectivity index (χ0n) is 29.6. The lowest BCUT2D eigenvalue weighted by Crippen LogP contribution is -2.57. The molecule has 14 nitrogen and oxygen atoms in total. The number of aliphatic hydroxyl groups is 1. The smallest absolute Gasteiger partial charge is 0.408 e. The van der Waals surface area contributed by atoms with Gasteiger partial charge in [-0.25, -0.2) is 13.2 Å². The van der Waals surface area contributed by atoms with Crippen LogP contribution in [0, 0.1) is 0 Å². The van der Waals surface area contributed by atoms with E-state index in [2.05, 4.69) is 16.0 Å². The molecule has 15 heteroatoms. The summed E-state index contributed by atoms with van der Waals surface area (Å²) < 4.78 is 29.0. The Hall–Kier alpha value is -4.50. The highest BCUT2D eigenvalue weighted by molar-refractivity contribution is 7.90. The van der Waals surface area contributed by atoms with E-state index < -0.39 is 63.3 Å². The van der Waals surface area contributed by atoms with Gasteiger partial charge < -0.3 is 31.5 Å². The molecule has 2 aliphatic heterocycles. The second kappa shape index (κ2) is 16.7. The molecular weight excluding hydrogens is 678 g/mol. The second-order valence-corrected chi connectivity index (χ2v) is 16.2. The third-order valence-corrected chi connectivity index (χ3v) is 9.91. The van der Waals surface area contributed by atoms with Crippen molar-refractivity contribution in [3.8, 4) is 0 Å². The molecule has 3 atom stereocenters. The molecule has 2 aliphatic rings. The van der Waals surface area contributed by atoms with Gasteiger partial charge >= 0.3 is 6.09 Å². The number of ether oxygens (including phenoxy) is 1. The molecule has 278 valence electrons. The predicted molar refractivity (Wildman–Crippen MR) is 189 cm³/mol. The van der Waals surface area contributed by atoms with Gasteiger partial charge in [0, 0.05) is 32.2 Å². The quantitative estimate of drug-likeness (QED) is 0.169. The number of hydrogen-bond acceptors (Lipinski definition) is 9. The average Bonchev–Trinajstić information content (AvgIpc) is 3.38. The monoisotopic (exact) mass is 727 g/mol. The van der Waals surface area contributed by atoms with Gasteiger partial charge in [0.25, 0.3) is 0 Å². The van der Waals surface area contributed by atoms with E-state index in [1.807, 2.05) is 12.1 Å². The number of nitrogens with zero attached hydrogens (tertiary/aromatic N) is 1. The lowest BCUT2D eigenvalue weighted by Gasteiger charge is -2.29. The zero-order valence-corrected chi connectivity index (χ0v) is 30.4. The molecule has 0 aromatic heterocycles. The Bertz CT molecular complexity index is 1740. The first-order valence-corrected chi connectivity index (χ1v) is 19.1. The number of amides is 5. The lowest BCUT2D eigenvalue weighted by atomic mass is 9.95. The van der Waals surface area contributed by atoms with Crippen molar-refractivity contribution in [3.63, 3.8) is 0 Å². The third-order valence-electron chi connectivity index (χ3n) is 8.78. The molecule has 0 saturated heterocycles. The topological polar surface area (TPSA) is 214 Å². The molecule has 0 fully saturated rings. The van der Waals surface area contributed by atoms with E-state index in [4.69, 9.17) is 10.5 Å². The van der Waals surface area contributed by atoms with Gasteiger partial charge in [-0.1, -0.05) is 30.7 Å². The molecule has 0 aliphatic carbocycles. The number of sulfone groups is 1. The Morgan fingerprint density at radius 3 is 2.35 bits per heavy atom. The molecule has 6 N–H and O–H groups in total. The fourth-order valence-corrected chi connectivity index (χ4v) is 6.97. The molecule has 4 rings (SSSR count). The third kappa shape index (κ3) is 10.7. The highest BCUT2D eigenvalue weighted by atomic mass is 32.2. The van der Waals surface area contributed by atoms with E-state index in [1.165, 1.54) is 17.0 Å². The van der Waals surface area contributed by atoms with Crippen molar-refractivity contribution in [2.45, 2.75) is 114 Å². The number of carbonyl (C=O) groups is 5. The van der Waals surface area contributed by atoms with Crippen LogP contribution >= 0.6 is 0 Å². The number of aryl methyl sites for hydroxylation is 2. The van der Waals surface area contributed by atoms with Crippen LogP contribution < -0.4 is 26.6 Å². The van der Waals surface area contributed by atoms with Crippen molar-refractivity contribution in [3.05, 3.63) is 58.7 Å². The van der Waals surface area contributed by atoms with Gasteiger partial charge in [0.2, 0.25) is 23.6 Å². The Balaban J connectivity index is 1.58. The Kier molecular flexibility index (Phi) is 12.8. The summed E-state index contributed by atoms with van der Waals surface area (Å²) in [5.74, 6) is -2.36. The van der Waals surface area contributed by atoms with Gasteiger partial charge in [0.15, 0.2) is 9.84 Å². The van der Waals surface area contributed by atoms with E-state index in [-0.39, 0.29) is 43.7 Å². The molecule has 51 heavy (non-hydrogen) atoms. The van der Waals surface area contributed by atoms with Crippen LogP contribution in [0.3, 0.4) is 0 Å². The number of primary amides is 1. The van der Waals surface area contributed by atoms with Crippen LogP contribution in [0.25, 0.3) is 0 Å². The van der Waals surface area contributed by atoms with Crippen molar-refractivity contribution in [1.29, 1.82) is 0 Å². The normalized spacial score (nSPS) is 17.6. The number of hydrogen-bond donors (Lipinski definition) is 5. The maximum atomic E-state index is 14.2. The molecule has 0 bridgehead atoms. The van der Waals surface area contributed by atoms with Crippen LogP contribution in [0.2, 0.25) is 0 Å². The molecule has 2 aromatic carbocycles. The fraction of sp³-hybridized carbons (Fsp3) is 0.528. The minimum absolute atomic E-state index is 0.0216. The number of anilines is 1. The summed E-state index contributed by atoms with van der Waals surface area (Å²) in [4.78, 5) is 67.7. The summed E-state index contributed by atoms with van der Waals surface area (Å²) in [5, 5.41) is 17.4. The predicted octanol–water partition coefficient (Wildman–Crippen LogP) is 1.96. The number of alkyl carbamates (subject to hydrolysis) is 1. The van der Waals surface area contributed by atoms with Gasteiger partial charge in [-0.15, -0.1) is 0 Å².